The minimum absolute atomic E-state index is 0.0206. The molecule has 1 N–H and O–H groups in total. The van der Waals surface area contributed by atoms with Crippen LogP contribution < -0.4 is 15.6 Å². The summed E-state index contributed by atoms with van der Waals surface area (Å²) >= 11 is 1.41. The predicted molar refractivity (Wildman–Crippen MR) is 173 cm³/mol. The molecule has 0 radical (unpaired) electrons. The van der Waals surface area contributed by atoms with Crippen LogP contribution in [0.3, 0.4) is 0 Å². The quantitative estimate of drug-likeness (QED) is 0.219. The van der Waals surface area contributed by atoms with Crippen molar-refractivity contribution in [3.63, 3.8) is 0 Å². The maximum absolute atomic E-state index is 12.8. The van der Waals surface area contributed by atoms with Crippen LogP contribution in [-0.4, -0.2) is 46.1 Å². The number of nitrogens with one attached hydrogen (secondary N) is 1. The fourth-order valence-corrected chi connectivity index (χ4v) is 5.34. The summed E-state index contributed by atoms with van der Waals surface area (Å²) in [5, 5.41) is 9.81. The van der Waals surface area contributed by atoms with Crippen molar-refractivity contribution in [2.24, 2.45) is 0 Å². The molecule has 0 amide bonds. The van der Waals surface area contributed by atoms with E-state index in [2.05, 4.69) is 46.1 Å². The molecule has 1 fully saturated rings. The van der Waals surface area contributed by atoms with E-state index in [0.717, 1.165) is 28.9 Å². The molecule has 0 bridgehead atoms. The number of benzene rings is 1. The number of thiophene rings is 1. The second-order valence-corrected chi connectivity index (χ2v) is 10.4. The Morgan fingerprint density at radius 2 is 1.76 bits per heavy atom. The van der Waals surface area contributed by atoms with Crippen LogP contribution in [0.1, 0.15) is 52.3 Å². The maximum Gasteiger partial charge on any atom is 0.229 e. The molecule has 222 valence electrons. The molecule has 0 spiro atoms. The minimum Gasteiger partial charge on any atom is -0.439 e. The predicted octanol–water partition coefficient (Wildman–Crippen LogP) is 7.39. The zero-order valence-electron chi connectivity index (χ0n) is 25.3. The molecule has 10 heteroatoms. The Bertz CT molecular complexity index is 1630. The van der Waals surface area contributed by atoms with Crippen molar-refractivity contribution in [2.45, 2.75) is 54.4 Å². The van der Waals surface area contributed by atoms with Crippen LogP contribution in [0, 0.1) is 6.92 Å². The number of nitrogens with zero attached hydrogens (tertiary/aromatic N) is 5. The highest BCUT2D eigenvalue weighted by Crippen LogP contribution is 2.35. The van der Waals surface area contributed by atoms with Crippen LogP contribution in [-0.2, 0) is 11.2 Å². The van der Waals surface area contributed by atoms with Gasteiger partial charge >= 0.3 is 0 Å². The molecule has 0 atom stereocenters. The van der Waals surface area contributed by atoms with Gasteiger partial charge in [-0.2, -0.15) is 10.1 Å². The summed E-state index contributed by atoms with van der Waals surface area (Å²) in [6, 6.07) is 11.3. The van der Waals surface area contributed by atoms with Gasteiger partial charge in [-0.25, -0.2) is 9.67 Å². The molecule has 42 heavy (non-hydrogen) atoms. The van der Waals surface area contributed by atoms with Crippen molar-refractivity contribution in [3.05, 3.63) is 75.7 Å². The maximum atomic E-state index is 12.8. The third-order valence-corrected chi connectivity index (χ3v) is 7.44. The molecule has 1 aliphatic heterocycles. The number of hydrogen-bond acceptors (Lipinski definition) is 9. The number of aromatic nitrogens is 4. The zero-order valence-corrected chi connectivity index (χ0v) is 26.1. The summed E-state index contributed by atoms with van der Waals surface area (Å²) < 4.78 is 14.1. The fourth-order valence-electron chi connectivity index (χ4n) is 4.43. The average molecular weight is 589 g/mol. The van der Waals surface area contributed by atoms with E-state index in [4.69, 9.17) is 9.15 Å². The van der Waals surface area contributed by atoms with Crippen molar-refractivity contribution < 1.29 is 9.15 Å². The summed E-state index contributed by atoms with van der Waals surface area (Å²) in [6.07, 6.45) is 5.89. The van der Waals surface area contributed by atoms with E-state index in [1.165, 1.54) is 23.3 Å². The van der Waals surface area contributed by atoms with E-state index in [1.807, 2.05) is 62.7 Å². The molecule has 4 aromatic heterocycles. The lowest BCUT2D eigenvalue weighted by Crippen LogP contribution is -2.36. The van der Waals surface area contributed by atoms with Crippen LogP contribution >= 0.6 is 11.3 Å². The molecule has 6 rings (SSSR count). The molecule has 0 aliphatic carbocycles. The van der Waals surface area contributed by atoms with Gasteiger partial charge < -0.3 is 19.4 Å². The van der Waals surface area contributed by atoms with Gasteiger partial charge in [-0.15, -0.1) is 11.3 Å². The number of anilines is 3. The fraction of sp³-hybridized carbons (Fsp3) is 0.375. The van der Waals surface area contributed by atoms with E-state index in [-0.39, 0.29) is 5.43 Å². The van der Waals surface area contributed by atoms with E-state index in [1.54, 1.807) is 16.9 Å². The van der Waals surface area contributed by atoms with Crippen molar-refractivity contribution in [1.82, 2.24) is 19.7 Å². The number of aryl methyl sites for hydroxylation is 2. The SMILES string of the molecule is CC.CCC.CCc1cn(-c2ccnc(Nc3ccc(-c4csc5c(=O)cc(N6CCOCC6)oc45)cc3)n2)nc1C. The van der Waals surface area contributed by atoms with Crippen molar-refractivity contribution in [2.75, 3.05) is 36.5 Å². The lowest BCUT2D eigenvalue weighted by atomic mass is 10.1. The molecule has 0 unspecified atom stereocenters. The average Bonchev–Trinajstić information content (AvgIpc) is 3.63. The summed E-state index contributed by atoms with van der Waals surface area (Å²) in [7, 11) is 0. The van der Waals surface area contributed by atoms with E-state index < -0.39 is 0 Å². The molecule has 5 aromatic rings. The van der Waals surface area contributed by atoms with Gasteiger partial charge in [0.05, 0.1) is 18.9 Å². The first-order chi connectivity index (χ1) is 20.5. The number of ether oxygens (including phenoxy) is 1. The number of fused-ring (bicyclic) bond motifs is 1. The van der Waals surface area contributed by atoms with Gasteiger partial charge in [0.1, 0.15) is 4.70 Å². The molecule has 0 saturated carbocycles. The third-order valence-electron chi connectivity index (χ3n) is 6.46. The van der Waals surface area contributed by atoms with Gasteiger partial charge in [-0.05, 0) is 36.6 Å². The lowest BCUT2D eigenvalue weighted by molar-refractivity contribution is 0.121. The first-order valence-corrected chi connectivity index (χ1v) is 15.5. The van der Waals surface area contributed by atoms with Crippen molar-refractivity contribution >= 4 is 39.1 Å². The number of morpholine rings is 1. The Labute approximate surface area is 251 Å². The van der Waals surface area contributed by atoms with Crippen LogP contribution in [0.15, 0.2) is 63.4 Å². The largest absolute Gasteiger partial charge is 0.439 e. The Kier molecular flexibility index (Phi) is 10.9. The van der Waals surface area contributed by atoms with Gasteiger partial charge in [0.25, 0.3) is 0 Å². The Morgan fingerprint density at radius 1 is 1.05 bits per heavy atom. The summed E-state index contributed by atoms with van der Waals surface area (Å²) in [6.45, 7) is 15.0. The van der Waals surface area contributed by atoms with E-state index >= 15 is 0 Å². The highest BCUT2D eigenvalue weighted by atomic mass is 32.1. The number of rotatable bonds is 6. The van der Waals surface area contributed by atoms with Gasteiger partial charge in [0, 0.05) is 54.2 Å². The third kappa shape index (κ3) is 7.06. The summed E-state index contributed by atoms with van der Waals surface area (Å²) in [5.74, 6) is 1.78. The highest BCUT2D eigenvalue weighted by molar-refractivity contribution is 7.17. The summed E-state index contributed by atoms with van der Waals surface area (Å²) in [5.41, 5.74) is 5.51. The molecule has 9 nitrogen and oxygen atoms in total. The molecular weight excluding hydrogens is 548 g/mol. The molecule has 1 aliphatic rings. The monoisotopic (exact) mass is 588 g/mol. The minimum atomic E-state index is -0.0206. The van der Waals surface area contributed by atoms with Crippen LogP contribution in [0.4, 0.5) is 17.5 Å². The molecular formula is C32H40N6O3S. The second-order valence-electron chi connectivity index (χ2n) is 9.54. The van der Waals surface area contributed by atoms with Crippen LogP contribution in [0.25, 0.3) is 27.2 Å². The Hall–Kier alpha value is -4.02. The molecule has 5 heterocycles. The van der Waals surface area contributed by atoms with Crippen molar-refractivity contribution in [3.8, 4) is 16.9 Å². The normalized spacial score (nSPS) is 12.8. The second kappa shape index (κ2) is 14.7. The topological polar surface area (TPSA) is 98.3 Å². The smallest absolute Gasteiger partial charge is 0.229 e. The number of hydrogen-bond donors (Lipinski definition) is 1. The van der Waals surface area contributed by atoms with Gasteiger partial charge in [-0.3, -0.25) is 4.79 Å². The molecule has 1 aromatic carbocycles. The van der Waals surface area contributed by atoms with Gasteiger partial charge in [0.15, 0.2) is 17.3 Å². The van der Waals surface area contributed by atoms with Crippen LogP contribution in [0.5, 0.6) is 0 Å². The van der Waals surface area contributed by atoms with E-state index in [9.17, 15) is 4.79 Å². The van der Waals surface area contributed by atoms with Crippen LogP contribution in [0.2, 0.25) is 0 Å². The van der Waals surface area contributed by atoms with Crippen molar-refractivity contribution in [1.29, 1.82) is 0 Å². The Morgan fingerprint density at radius 3 is 2.43 bits per heavy atom. The van der Waals surface area contributed by atoms with Gasteiger partial charge in [-0.1, -0.05) is 53.2 Å². The Balaban J connectivity index is 0.000000763. The van der Waals surface area contributed by atoms with Gasteiger partial charge in [0.2, 0.25) is 11.4 Å². The first kappa shape index (κ1) is 30.9. The van der Waals surface area contributed by atoms with E-state index in [0.29, 0.717) is 54.2 Å². The summed E-state index contributed by atoms with van der Waals surface area (Å²) in [4.78, 5) is 23.8. The highest BCUT2D eigenvalue weighted by Gasteiger charge is 2.18. The standard InChI is InChI=1S/C27H26N6O3S.C3H8.C2H6/c1-3-18-15-33(31-17(18)2)23-8-9-28-27(30-23)29-20-6-4-19(5-7-20)21-16-37-26-22(34)14-24(36-25(21)26)32-10-12-35-13-11-32;1-3-2;1-2/h4-9,14-16H,3,10-13H2,1-2H3,(H,28,29,30);3H2,1-2H3;1-2H3. The lowest BCUT2D eigenvalue weighted by Gasteiger charge is -2.27. The first-order valence-electron chi connectivity index (χ1n) is 14.6. The zero-order chi connectivity index (χ0) is 30.1. The molecule has 1 saturated heterocycles.